The molecule has 2 rings (SSSR count). The first kappa shape index (κ1) is 15.0. The van der Waals surface area contributed by atoms with Gasteiger partial charge >= 0.3 is 0 Å². The van der Waals surface area contributed by atoms with E-state index in [4.69, 9.17) is 10.5 Å². The van der Waals surface area contributed by atoms with Crippen LogP contribution < -0.4 is 15.2 Å². The van der Waals surface area contributed by atoms with Crippen LogP contribution in [0, 0.1) is 0 Å². The van der Waals surface area contributed by atoms with E-state index in [1.807, 2.05) is 30.3 Å². The molecule has 2 aromatic rings. The van der Waals surface area contributed by atoms with Gasteiger partial charge in [0.15, 0.2) is 4.21 Å². The van der Waals surface area contributed by atoms with Crippen LogP contribution in [0.15, 0.2) is 46.0 Å². The van der Waals surface area contributed by atoms with Gasteiger partial charge in [-0.25, -0.2) is 13.1 Å². The molecule has 0 bridgehead atoms. The van der Waals surface area contributed by atoms with Crippen LogP contribution in [0.4, 0.5) is 0 Å². The molecule has 5 nitrogen and oxygen atoms in total. The molecule has 3 N–H and O–H groups in total. The van der Waals surface area contributed by atoms with Gasteiger partial charge in [-0.2, -0.15) is 0 Å². The average Bonchev–Trinajstić information content (AvgIpc) is 2.95. The summed E-state index contributed by atoms with van der Waals surface area (Å²) in [5.41, 5.74) is 6.85. The van der Waals surface area contributed by atoms with Gasteiger partial charge in [-0.05, 0) is 17.0 Å². The molecule has 0 aliphatic rings. The lowest BCUT2D eigenvalue weighted by atomic mass is 10.1. The zero-order valence-corrected chi connectivity index (χ0v) is 12.6. The van der Waals surface area contributed by atoms with Crippen LogP contribution >= 0.6 is 11.3 Å². The van der Waals surface area contributed by atoms with Gasteiger partial charge in [0.2, 0.25) is 0 Å². The number of benzene rings is 1. The van der Waals surface area contributed by atoms with Gasteiger partial charge < -0.3 is 10.5 Å². The van der Waals surface area contributed by atoms with Crippen molar-refractivity contribution >= 4 is 21.4 Å². The van der Waals surface area contributed by atoms with Gasteiger partial charge in [0.25, 0.3) is 10.0 Å². The largest absolute Gasteiger partial charge is 0.494 e. The summed E-state index contributed by atoms with van der Waals surface area (Å²) in [6, 6.07) is 10.6. The van der Waals surface area contributed by atoms with E-state index in [0.717, 1.165) is 16.9 Å². The molecular weight excluding hydrogens is 296 g/mol. The third-order valence-electron chi connectivity index (χ3n) is 2.78. The van der Waals surface area contributed by atoms with Crippen molar-refractivity contribution in [2.45, 2.75) is 10.3 Å². The number of ether oxygens (including phenoxy) is 1. The number of thiophene rings is 1. The van der Waals surface area contributed by atoms with Gasteiger partial charge in [0.1, 0.15) is 5.75 Å². The van der Waals surface area contributed by atoms with Crippen LogP contribution in [-0.2, 0) is 10.0 Å². The van der Waals surface area contributed by atoms with E-state index in [-0.39, 0.29) is 10.8 Å². The second kappa shape index (κ2) is 6.36. The van der Waals surface area contributed by atoms with Crippen LogP contribution in [0.2, 0.25) is 0 Å². The number of hydrogen-bond acceptors (Lipinski definition) is 5. The number of methoxy groups -OCH3 is 1. The molecule has 0 amide bonds. The highest BCUT2D eigenvalue weighted by molar-refractivity contribution is 7.91. The van der Waals surface area contributed by atoms with E-state index >= 15 is 0 Å². The summed E-state index contributed by atoms with van der Waals surface area (Å²) >= 11 is 1.11. The average molecular weight is 312 g/mol. The number of nitrogens with two attached hydrogens (primary N) is 1. The predicted octanol–water partition coefficient (Wildman–Crippen LogP) is 1.73. The van der Waals surface area contributed by atoms with Gasteiger partial charge in [-0.3, -0.25) is 0 Å². The maximum absolute atomic E-state index is 12.2. The summed E-state index contributed by atoms with van der Waals surface area (Å²) in [6.45, 7) is 0.132. The SMILES string of the molecule is COc1ccsc1S(=O)(=O)NC[C@H](N)c1ccccc1. The van der Waals surface area contributed by atoms with E-state index in [1.165, 1.54) is 7.11 Å². The van der Waals surface area contributed by atoms with Crippen molar-refractivity contribution < 1.29 is 13.2 Å². The molecule has 1 aromatic heterocycles. The summed E-state index contributed by atoms with van der Waals surface area (Å²) in [7, 11) is -2.16. The number of rotatable bonds is 6. The Hall–Kier alpha value is -1.41. The lowest BCUT2D eigenvalue weighted by molar-refractivity contribution is 0.406. The Morgan fingerprint density at radius 3 is 2.65 bits per heavy atom. The molecule has 0 radical (unpaired) electrons. The summed E-state index contributed by atoms with van der Waals surface area (Å²) in [5, 5.41) is 1.67. The predicted molar refractivity (Wildman–Crippen MR) is 79.4 cm³/mol. The Morgan fingerprint density at radius 1 is 1.30 bits per heavy atom. The fourth-order valence-corrected chi connectivity index (χ4v) is 4.09. The van der Waals surface area contributed by atoms with Crippen LogP contribution in [-0.4, -0.2) is 22.1 Å². The minimum atomic E-state index is -3.60. The van der Waals surface area contributed by atoms with Gasteiger partial charge in [0.05, 0.1) is 7.11 Å². The Kier molecular flexibility index (Phi) is 4.77. The van der Waals surface area contributed by atoms with Crippen LogP contribution in [0.25, 0.3) is 0 Å². The summed E-state index contributed by atoms with van der Waals surface area (Å²) in [4.78, 5) is 0. The number of nitrogens with one attached hydrogen (secondary N) is 1. The van der Waals surface area contributed by atoms with Crippen molar-refractivity contribution in [1.82, 2.24) is 4.72 Å². The van der Waals surface area contributed by atoms with Gasteiger partial charge in [-0.15, -0.1) is 11.3 Å². The Labute approximate surface area is 122 Å². The highest BCUT2D eigenvalue weighted by Gasteiger charge is 2.21. The lowest BCUT2D eigenvalue weighted by Crippen LogP contribution is -2.31. The molecule has 0 fully saturated rings. The van der Waals surface area contributed by atoms with Crippen LogP contribution in [0.5, 0.6) is 5.75 Å². The summed E-state index contributed by atoms with van der Waals surface area (Å²) in [5.74, 6) is 0.343. The molecule has 1 aromatic carbocycles. The zero-order valence-electron chi connectivity index (χ0n) is 10.9. The first-order chi connectivity index (χ1) is 9.54. The van der Waals surface area contributed by atoms with Crippen molar-refractivity contribution in [2.75, 3.05) is 13.7 Å². The van der Waals surface area contributed by atoms with E-state index in [1.54, 1.807) is 11.4 Å². The van der Waals surface area contributed by atoms with Crippen molar-refractivity contribution in [1.29, 1.82) is 0 Å². The molecule has 0 unspecified atom stereocenters. The van der Waals surface area contributed by atoms with Crippen LogP contribution in [0.1, 0.15) is 11.6 Å². The smallest absolute Gasteiger partial charge is 0.253 e. The summed E-state index contributed by atoms with van der Waals surface area (Å²) in [6.07, 6.45) is 0. The van der Waals surface area contributed by atoms with Crippen molar-refractivity contribution in [2.24, 2.45) is 5.73 Å². The third-order valence-corrected chi connectivity index (χ3v) is 5.65. The molecule has 0 saturated carbocycles. The molecule has 0 spiro atoms. The van der Waals surface area contributed by atoms with E-state index in [0.29, 0.717) is 5.75 Å². The molecule has 1 heterocycles. The highest BCUT2D eigenvalue weighted by atomic mass is 32.2. The van der Waals surface area contributed by atoms with E-state index < -0.39 is 16.1 Å². The Balaban J connectivity index is 2.07. The topological polar surface area (TPSA) is 81.4 Å². The molecule has 0 saturated heterocycles. The Morgan fingerprint density at radius 2 is 2.00 bits per heavy atom. The van der Waals surface area contributed by atoms with E-state index in [9.17, 15) is 8.42 Å². The highest BCUT2D eigenvalue weighted by Crippen LogP contribution is 2.29. The third kappa shape index (κ3) is 3.37. The second-order valence-corrected chi connectivity index (χ2v) is 7.02. The normalized spacial score (nSPS) is 13.1. The molecule has 0 aliphatic carbocycles. The first-order valence-corrected chi connectivity index (χ1v) is 8.32. The van der Waals surface area contributed by atoms with Crippen LogP contribution in [0.3, 0.4) is 0 Å². The molecule has 7 heteroatoms. The second-order valence-electron chi connectivity index (χ2n) is 4.15. The molecular formula is C13H16N2O3S2. The molecule has 0 aliphatic heterocycles. The minimum absolute atomic E-state index is 0.132. The van der Waals surface area contributed by atoms with Crippen molar-refractivity contribution in [3.63, 3.8) is 0 Å². The maximum atomic E-state index is 12.2. The molecule has 20 heavy (non-hydrogen) atoms. The Bertz CT molecular complexity index is 653. The summed E-state index contributed by atoms with van der Waals surface area (Å²) < 4.78 is 32.0. The quantitative estimate of drug-likeness (QED) is 0.851. The van der Waals surface area contributed by atoms with Gasteiger partial charge in [-0.1, -0.05) is 30.3 Å². The van der Waals surface area contributed by atoms with Gasteiger partial charge in [0, 0.05) is 12.6 Å². The molecule has 1 atom stereocenters. The fraction of sp³-hybridized carbons (Fsp3) is 0.231. The fourth-order valence-electron chi connectivity index (χ4n) is 1.71. The number of hydrogen-bond donors (Lipinski definition) is 2. The van der Waals surface area contributed by atoms with Crippen molar-refractivity contribution in [3.8, 4) is 5.75 Å². The van der Waals surface area contributed by atoms with Crippen molar-refractivity contribution in [3.05, 3.63) is 47.3 Å². The standard InChI is InChI=1S/C13H16N2O3S2/c1-18-12-7-8-19-13(12)20(16,17)15-9-11(14)10-5-3-2-4-6-10/h2-8,11,15H,9,14H2,1H3/t11-/m0/s1. The first-order valence-electron chi connectivity index (χ1n) is 5.96. The monoisotopic (exact) mass is 312 g/mol. The minimum Gasteiger partial charge on any atom is -0.494 e. The maximum Gasteiger partial charge on any atom is 0.253 e. The number of sulfonamides is 1. The lowest BCUT2D eigenvalue weighted by Gasteiger charge is -2.13. The zero-order chi connectivity index (χ0) is 14.6. The van der Waals surface area contributed by atoms with E-state index in [2.05, 4.69) is 4.72 Å². The molecule has 108 valence electrons.